The van der Waals surface area contributed by atoms with Crippen molar-refractivity contribution in [3.63, 3.8) is 0 Å². The molecule has 0 amide bonds. The molecule has 2 aromatic heterocycles. The van der Waals surface area contributed by atoms with Gasteiger partial charge < -0.3 is 19.5 Å². The average molecular weight is 492 g/mol. The lowest BCUT2D eigenvalue weighted by atomic mass is 9.81. The van der Waals surface area contributed by atoms with Crippen LogP contribution in [0, 0.1) is 0 Å². The zero-order chi connectivity index (χ0) is 25.3. The summed E-state index contributed by atoms with van der Waals surface area (Å²) in [6.07, 6.45) is 12.6. The third-order valence-corrected chi connectivity index (χ3v) is 6.93. The fourth-order valence-corrected chi connectivity index (χ4v) is 5.66. The quantitative estimate of drug-likeness (QED) is 0.494. The molecular formula is C28H37N5O3. The van der Waals surface area contributed by atoms with E-state index in [1.165, 1.54) is 6.42 Å². The molecule has 8 heteroatoms. The van der Waals surface area contributed by atoms with Crippen LogP contribution in [-0.4, -0.2) is 50.6 Å². The van der Waals surface area contributed by atoms with E-state index < -0.39 is 0 Å². The molecule has 0 saturated carbocycles. The largest absolute Gasteiger partial charge is 0.496 e. The second kappa shape index (κ2) is 9.82. The minimum absolute atomic E-state index is 0.00875. The summed E-state index contributed by atoms with van der Waals surface area (Å²) in [7, 11) is 1.67. The Hall–Kier alpha value is -2.97. The van der Waals surface area contributed by atoms with Crippen LogP contribution in [0.5, 0.6) is 11.6 Å². The highest BCUT2D eigenvalue weighted by Gasteiger charge is 2.38. The van der Waals surface area contributed by atoms with Crippen LogP contribution in [0.15, 0.2) is 43.0 Å². The van der Waals surface area contributed by atoms with Gasteiger partial charge in [-0.15, -0.1) is 0 Å². The third kappa shape index (κ3) is 5.55. The monoisotopic (exact) mass is 491 g/mol. The molecule has 1 atom stereocenters. The van der Waals surface area contributed by atoms with Crippen LogP contribution in [0.1, 0.15) is 66.0 Å². The van der Waals surface area contributed by atoms with Crippen LogP contribution in [0.4, 0.5) is 0 Å². The average Bonchev–Trinajstić information content (AvgIpc) is 3.33. The molecule has 1 aromatic carbocycles. The Balaban J connectivity index is 1.31. The molecule has 0 spiro atoms. The highest BCUT2D eigenvalue weighted by Crippen LogP contribution is 2.35. The van der Waals surface area contributed by atoms with Crippen molar-refractivity contribution in [3.8, 4) is 34.0 Å². The maximum absolute atomic E-state index is 6.24. The molecule has 0 aliphatic carbocycles. The van der Waals surface area contributed by atoms with Crippen LogP contribution >= 0.6 is 0 Å². The Bertz CT molecular complexity index is 1170. The molecule has 0 radical (unpaired) electrons. The molecule has 8 nitrogen and oxygen atoms in total. The number of aromatic nitrogens is 4. The Morgan fingerprint density at radius 3 is 2.47 bits per heavy atom. The molecule has 3 aromatic rings. The first-order valence-electron chi connectivity index (χ1n) is 12.8. The van der Waals surface area contributed by atoms with E-state index in [1.807, 2.05) is 29.2 Å². The summed E-state index contributed by atoms with van der Waals surface area (Å²) in [5.74, 6) is 1.28. The van der Waals surface area contributed by atoms with E-state index in [0.717, 1.165) is 60.4 Å². The minimum Gasteiger partial charge on any atom is -0.496 e. The van der Waals surface area contributed by atoms with Crippen molar-refractivity contribution < 1.29 is 14.2 Å². The summed E-state index contributed by atoms with van der Waals surface area (Å²) in [4.78, 5) is 9.22. The molecule has 2 fully saturated rings. The van der Waals surface area contributed by atoms with Crippen LogP contribution in [0.25, 0.3) is 22.4 Å². The zero-order valence-electron chi connectivity index (χ0n) is 22.0. The van der Waals surface area contributed by atoms with E-state index in [-0.39, 0.29) is 23.4 Å². The summed E-state index contributed by atoms with van der Waals surface area (Å²) < 4.78 is 19.7. The Morgan fingerprint density at radius 1 is 1.00 bits per heavy atom. The van der Waals surface area contributed by atoms with Crippen molar-refractivity contribution in [1.29, 1.82) is 0 Å². The van der Waals surface area contributed by atoms with Gasteiger partial charge in [0.05, 0.1) is 31.4 Å². The van der Waals surface area contributed by atoms with Gasteiger partial charge in [0.1, 0.15) is 18.1 Å². The van der Waals surface area contributed by atoms with Crippen LogP contribution in [0.3, 0.4) is 0 Å². The van der Waals surface area contributed by atoms with Gasteiger partial charge in [-0.25, -0.2) is 14.6 Å². The highest BCUT2D eigenvalue weighted by molar-refractivity contribution is 5.74. The van der Waals surface area contributed by atoms with Crippen LogP contribution in [-0.2, 0) is 4.74 Å². The highest BCUT2D eigenvalue weighted by atomic mass is 16.5. The molecule has 2 aliphatic rings. The van der Waals surface area contributed by atoms with Crippen molar-refractivity contribution in [1.82, 2.24) is 25.1 Å². The maximum atomic E-state index is 6.24. The summed E-state index contributed by atoms with van der Waals surface area (Å²) in [5.41, 5.74) is 3.69. The topological polar surface area (TPSA) is 83.3 Å². The van der Waals surface area contributed by atoms with Gasteiger partial charge in [0.2, 0.25) is 5.88 Å². The lowest BCUT2D eigenvalue weighted by Gasteiger charge is -2.46. The van der Waals surface area contributed by atoms with Crippen molar-refractivity contribution in [2.24, 2.45) is 0 Å². The van der Waals surface area contributed by atoms with Gasteiger partial charge in [-0.2, -0.15) is 5.10 Å². The zero-order valence-corrected chi connectivity index (χ0v) is 22.0. The van der Waals surface area contributed by atoms with E-state index >= 15 is 0 Å². The fraction of sp³-hybridized carbons (Fsp3) is 0.536. The first-order valence-corrected chi connectivity index (χ1v) is 12.8. The molecule has 5 rings (SSSR count). The Labute approximate surface area is 213 Å². The maximum Gasteiger partial charge on any atom is 0.232 e. The van der Waals surface area contributed by atoms with Crippen LogP contribution < -0.4 is 14.8 Å². The lowest BCUT2D eigenvalue weighted by Crippen LogP contribution is -2.60. The molecule has 36 heavy (non-hydrogen) atoms. The van der Waals surface area contributed by atoms with Gasteiger partial charge in [0, 0.05) is 47.9 Å². The normalized spacial score (nSPS) is 21.8. The first kappa shape index (κ1) is 24.7. The number of nitrogens with zero attached hydrogens (tertiary/aromatic N) is 4. The number of ether oxygens (including phenoxy) is 3. The fourth-order valence-electron chi connectivity index (χ4n) is 5.66. The molecule has 1 unspecified atom stereocenters. The van der Waals surface area contributed by atoms with Crippen molar-refractivity contribution in [2.75, 3.05) is 13.7 Å². The number of hydrogen-bond acceptors (Lipinski definition) is 7. The summed E-state index contributed by atoms with van der Waals surface area (Å²) in [6, 6.07) is 6.10. The van der Waals surface area contributed by atoms with Gasteiger partial charge in [-0.3, -0.25) is 0 Å². The van der Waals surface area contributed by atoms with E-state index in [0.29, 0.717) is 5.88 Å². The summed E-state index contributed by atoms with van der Waals surface area (Å²) in [6.45, 7) is 9.64. The predicted octanol–water partition coefficient (Wildman–Crippen LogP) is 5.40. The first-order chi connectivity index (χ1) is 17.2. The SMILES string of the molecule is COc1cc(-c2cnn(C3CCCCO3)c2)ccc1-c1cnc(OC2CC(C)(C)NC(C)(C)C2)cn1. The van der Waals surface area contributed by atoms with E-state index in [2.05, 4.69) is 54.1 Å². The van der Waals surface area contributed by atoms with E-state index in [9.17, 15) is 0 Å². The number of nitrogens with one attached hydrogen (secondary N) is 1. The van der Waals surface area contributed by atoms with Crippen molar-refractivity contribution in [3.05, 3.63) is 43.0 Å². The lowest BCUT2D eigenvalue weighted by molar-refractivity contribution is -0.0394. The van der Waals surface area contributed by atoms with E-state index in [4.69, 9.17) is 14.2 Å². The predicted molar refractivity (Wildman–Crippen MR) is 139 cm³/mol. The summed E-state index contributed by atoms with van der Waals surface area (Å²) >= 11 is 0. The van der Waals surface area contributed by atoms with Crippen molar-refractivity contribution >= 4 is 0 Å². The molecule has 2 aliphatic heterocycles. The van der Waals surface area contributed by atoms with Gasteiger partial charge in [-0.05, 0) is 64.7 Å². The third-order valence-electron chi connectivity index (χ3n) is 6.93. The summed E-state index contributed by atoms with van der Waals surface area (Å²) in [5, 5.41) is 8.22. The van der Waals surface area contributed by atoms with Gasteiger partial charge >= 0.3 is 0 Å². The standard InChI is InChI=1S/C28H37N5O3/c1-27(2)13-21(14-28(3,4)32-27)36-25-17-29-23(16-30-25)22-10-9-19(12-24(22)34-5)20-15-31-33(18-20)26-8-6-7-11-35-26/h9-10,12,15-18,21,26,32H,6-8,11,13-14H2,1-5H3. The smallest absolute Gasteiger partial charge is 0.232 e. The second-order valence-electron chi connectivity index (χ2n) is 11.2. The second-order valence-corrected chi connectivity index (χ2v) is 11.2. The molecule has 4 heterocycles. The van der Waals surface area contributed by atoms with Gasteiger partial charge in [0.25, 0.3) is 0 Å². The number of rotatable bonds is 6. The molecular weight excluding hydrogens is 454 g/mol. The van der Waals surface area contributed by atoms with Gasteiger partial charge in [-0.1, -0.05) is 6.07 Å². The number of piperidine rings is 1. The number of hydrogen-bond donors (Lipinski definition) is 1. The minimum atomic E-state index is 0.00875. The van der Waals surface area contributed by atoms with Crippen molar-refractivity contribution in [2.45, 2.75) is 83.2 Å². The van der Waals surface area contributed by atoms with E-state index in [1.54, 1.807) is 19.5 Å². The molecule has 192 valence electrons. The molecule has 1 N–H and O–H groups in total. The number of benzene rings is 1. The Kier molecular flexibility index (Phi) is 6.74. The Morgan fingerprint density at radius 2 is 1.81 bits per heavy atom. The van der Waals surface area contributed by atoms with Crippen LogP contribution in [0.2, 0.25) is 0 Å². The van der Waals surface area contributed by atoms with Gasteiger partial charge in [0.15, 0.2) is 0 Å². The number of methoxy groups -OCH3 is 1. The molecule has 0 bridgehead atoms. The molecule has 2 saturated heterocycles.